The number of ether oxygens (including phenoxy) is 2. The van der Waals surface area contributed by atoms with Crippen molar-refractivity contribution >= 4 is 40.2 Å². The fraction of sp³-hybridized carbons (Fsp3) is 0.323. The number of aromatic nitrogens is 1. The second-order valence-corrected chi connectivity index (χ2v) is 9.96. The van der Waals surface area contributed by atoms with Gasteiger partial charge >= 0.3 is 0 Å². The van der Waals surface area contributed by atoms with Crippen molar-refractivity contribution in [3.63, 3.8) is 0 Å². The van der Waals surface area contributed by atoms with E-state index in [0.29, 0.717) is 66.7 Å². The van der Waals surface area contributed by atoms with Crippen LogP contribution in [0, 0.1) is 6.92 Å². The first-order chi connectivity index (χ1) is 19.4. The molecule has 1 heterocycles. The predicted molar refractivity (Wildman–Crippen MR) is 156 cm³/mol. The zero-order valence-corrected chi connectivity index (χ0v) is 23.6. The average Bonchev–Trinajstić information content (AvgIpc) is 3.59. The first-order valence-corrected chi connectivity index (χ1v) is 13.7. The van der Waals surface area contributed by atoms with Gasteiger partial charge in [0.15, 0.2) is 0 Å². The third-order valence-corrected chi connectivity index (χ3v) is 7.03. The molecule has 2 N–H and O–H groups in total. The van der Waals surface area contributed by atoms with Crippen molar-refractivity contribution in [1.29, 1.82) is 0 Å². The molecule has 0 fully saturated rings. The van der Waals surface area contributed by atoms with E-state index >= 15 is 0 Å². The van der Waals surface area contributed by atoms with Gasteiger partial charge in [0.25, 0.3) is 5.91 Å². The molecule has 8 nitrogen and oxygen atoms in total. The van der Waals surface area contributed by atoms with Crippen molar-refractivity contribution in [1.82, 2.24) is 15.2 Å². The zero-order chi connectivity index (χ0) is 28.5. The summed E-state index contributed by atoms with van der Waals surface area (Å²) in [4.78, 5) is 38.2. The van der Waals surface area contributed by atoms with E-state index < -0.39 is 0 Å². The van der Waals surface area contributed by atoms with E-state index in [1.54, 1.807) is 42.0 Å². The van der Waals surface area contributed by atoms with Gasteiger partial charge in [0.1, 0.15) is 5.75 Å². The van der Waals surface area contributed by atoms with Crippen LogP contribution in [0.2, 0.25) is 5.02 Å². The fourth-order valence-corrected chi connectivity index (χ4v) is 4.75. The molecule has 1 aromatic heterocycles. The summed E-state index contributed by atoms with van der Waals surface area (Å²) in [5.74, 6) is 0.288. The Bertz CT molecular complexity index is 1440. The highest BCUT2D eigenvalue weighted by molar-refractivity contribution is 6.30. The van der Waals surface area contributed by atoms with E-state index in [9.17, 15) is 14.4 Å². The monoisotopic (exact) mass is 563 g/mol. The molecule has 0 atom stereocenters. The maximum absolute atomic E-state index is 13.4. The highest BCUT2D eigenvalue weighted by Gasteiger charge is 2.22. The number of amides is 2. The lowest BCUT2D eigenvalue weighted by molar-refractivity contribution is -0.120. The first kappa shape index (κ1) is 29.1. The Balaban J connectivity index is 1.28. The summed E-state index contributed by atoms with van der Waals surface area (Å²) in [7, 11) is 1.58. The molecular weight excluding hydrogens is 530 g/mol. The quantitative estimate of drug-likeness (QED) is 0.292. The first-order valence-electron chi connectivity index (χ1n) is 13.4. The number of allylic oxidation sites excluding steroid dienone is 3. The van der Waals surface area contributed by atoms with Crippen LogP contribution in [-0.2, 0) is 20.7 Å². The molecule has 2 aromatic carbocycles. The number of rotatable bonds is 13. The number of hydrogen-bond donors (Lipinski definition) is 2. The molecule has 0 saturated heterocycles. The number of nitrogens with zero attached hydrogens (tertiary/aromatic N) is 1. The van der Waals surface area contributed by atoms with Gasteiger partial charge in [-0.05, 0) is 74.2 Å². The van der Waals surface area contributed by atoms with Gasteiger partial charge in [-0.25, -0.2) is 0 Å². The third-order valence-electron chi connectivity index (χ3n) is 6.78. The van der Waals surface area contributed by atoms with Crippen molar-refractivity contribution in [2.24, 2.45) is 0 Å². The lowest BCUT2D eigenvalue weighted by Crippen LogP contribution is -2.27. The maximum Gasteiger partial charge on any atom is 0.262 e. The van der Waals surface area contributed by atoms with Gasteiger partial charge in [-0.1, -0.05) is 29.8 Å². The number of methoxy groups -OCH3 is 1. The summed E-state index contributed by atoms with van der Waals surface area (Å²) in [5, 5.41) is 7.19. The van der Waals surface area contributed by atoms with Gasteiger partial charge in [-0.2, -0.15) is 0 Å². The van der Waals surface area contributed by atoms with Crippen LogP contribution in [0.1, 0.15) is 40.9 Å². The number of fused-ring (bicyclic) bond motifs is 1. The maximum atomic E-state index is 13.4. The second-order valence-electron chi connectivity index (χ2n) is 9.52. The Hall–Kier alpha value is -3.88. The molecule has 9 heteroatoms. The normalized spacial score (nSPS) is 12.4. The number of halogens is 1. The molecule has 3 aromatic rings. The summed E-state index contributed by atoms with van der Waals surface area (Å²) < 4.78 is 12.7. The summed E-state index contributed by atoms with van der Waals surface area (Å²) >= 11 is 6.00. The number of nitrogens with one attached hydrogen (secondary N) is 2. The number of carbonyl (C=O) groups is 3. The Morgan fingerprint density at radius 3 is 2.40 bits per heavy atom. The molecule has 1 aliphatic carbocycles. The smallest absolute Gasteiger partial charge is 0.262 e. The largest absolute Gasteiger partial charge is 0.497 e. The van der Waals surface area contributed by atoms with Crippen molar-refractivity contribution in [2.45, 2.75) is 32.6 Å². The van der Waals surface area contributed by atoms with E-state index in [-0.39, 0.29) is 24.1 Å². The molecule has 0 radical (unpaired) electrons. The van der Waals surface area contributed by atoms with Gasteiger partial charge in [0.05, 0.1) is 19.0 Å². The van der Waals surface area contributed by atoms with E-state index in [1.165, 1.54) is 0 Å². The fourth-order valence-electron chi connectivity index (χ4n) is 4.63. The Morgan fingerprint density at radius 2 is 1.73 bits per heavy atom. The van der Waals surface area contributed by atoms with Crippen LogP contribution in [0.15, 0.2) is 66.3 Å². The Morgan fingerprint density at radius 1 is 1.00 bits per heavy atom. The van der Waals surface area contributed by atoms with Crippen molar-refractivity contribution in [3.05, 3.63) is 88.1 Å². The summed E-state index contributed by atoms with van der Waals surface area (Å²) in [6, 6.07) is 12.2. The van der Waals surface area contributed by atoms with Gasteiger partial charge in [0, 0.05) is 53.5 Å². The van der Waals surface area contributed by atoms with E-state index in [0.717, 1.165) is 22.9 Å². The topological polar surface area (TPSA) is 98.7 Å². The minimum absolute atomic E-state index is 0.0288. The number of hydrogen-bond acceptors (Lipinski definition) is 5. The molecule has 1 aliphatic rings. The molecule has 0 unspecified atom stereocenters. The molecule has 0 aliphatic heterocycles. The molecule has 0 saturated carbocycles. The van der Waals surface area contributed by atoms with Crippen LogP contribution in [0.4, 0.5) is 0 Å². The minimum Gasteiger partial charge on any atom is -0.497 e. The van der Waals surface area contributed by atoms with E-state index in [4.69, 9.17) is 21.1 Å². The van der Waals surface area contributed by atoms with Crippen molar-refractivity contribution < 1.29 is 23.9 Å². The van der Waals surface area contributed by atoms with Gasteiger partial charge < -0.3 is 20.1 Å². The lowest BCUT2D eigenvalue weighted by Gasteiger charge is -2.09. The van der Waals surface area contributed by atoms with Crippen LogP contribution in [0.25, 0.3) is 10.9 Å². The van der Waals surface area contributed by atoms with Crippen LogP contribution in [0.3, 0.4) is 0 Å². The molecule has 210 valence electrons. The van der Waals surface area contributed by atoms with Gasteiger partial charge in [0.2, 0.25) is 11.8 Å². The molecule has 40 heavy (non-hydrogen) atoms. The summed E-state index contributed by atoms with van der Waals surface area (Å²) in [6.07, 6.45) is 7.88. The molecule has 0 spiro atoms. The van der Waals surface area contributed by atoms with Crippen LogP contribution >= 0.6 is 11.6 Å². The van der Waals surface area contributed by atoms with E-state index in [1.807, 2.05) is 37.3 Å². The van der Waals surface area contributed by atoms with Crippen molar-refractivity contribution in [2.75, 3.05) is 33.4 Å². The summed E-state index contributed by atoms with van der Waals surface area (Å²) in [6.45, 7) is 3.93. The second kappa shape index (κ2) is 14.0. The van der Waals surface area contributed by atoms with Crippen LogP contribution < -0.4 is 15.4 Å². The van der Waals surface area contributed by atoms with Crippen LogP contribution in [0.5, 0.6) is 5.75 Å². The standard InChI is InChI=1S/C31H34ClN3O5/c1-21-26(20-29(36)33-15-5-17-40-18-6-16-34-30(37)22-7-3-4-8-22)27-19-25(39-2)13-14-28(27)35(21)31(38)23-9-11-24(32)12-10-23/h3-4,7,9-14,19H,5-6,8,15-18,20H2,1-2H3,(H,33,36)(H,34,37). The predicted octanol–water partition coefficient (Wildman–Crippen LogP) is 4.76. The zero-order valence-electron chi connectivity index (χ0n) is 22.8. The SMILES string of the molecule is COc1ccc2c(c1)c(CC(=O)NCCCOCCCNC(=O)C1=CC=CC1)c(C)n2C(=O)c1ccc(Cl)cc1. The molecule has 0 bridgehead atoms. The Kier molecular flexibility index (Phi) is 10.2. The third kappa shape index (κ3) is 7.20. The van der Waals surface area contributed by atoms with Crippen LogP contribution in [-0.4, -0.2) is 55.7 Å². The number of carbonyl (C=O) groups excluding carboxylic acids is 3. The van der Waals surface area contributed by atoms with E-state index in [2.05, 4.69) is 10.6 Å². The minimum atomic E-state index is -0.194. The highest BCUT2D eigenvalue weighted by atomic mass is 35.5. The van der Waals surface area contributed by atoms with Gasteiger partial charge in [-0.3, -0.25) is 19.0 Å². The molecule has 4 rings (SSSR count). The lowest BCUT2D eigenvalue weighted by atomic mass is 10.1. The number of benzene rings is 2. The molecular formula is C31H34ClN3O5. The summed E-state index contributed by atoms with van der Waals surface area (Å²) in [5.41, 5.74) is 3.47. The Labute approximate surface area is 239 Å². The average molecular weight is 564 g/mol. The highest BCUT2D eigenvalue weighted by Crippen LogP contribution is 2.31. The van der Waals surface area contributed by atoms with Crippen molar-refractivity contribution in [3.8, 4) is 5.75 Å². The molecule has 2 amide bonds. The van der Waals surface area contributed by atoms with Gasteiger partial charge in [-0.15, -0.1) is 0 Å².